The molecule has 0 saturated heterocycles. The van der Waals surface area contributed by atoms with Crippen LogP contribution >= 0.6 is 0 Å². The van der Waals surface area contributed by atoms with E-state index in [0.717, 1.165) is 6.42 Å². The van der Waals surface area contributed by atoms with Gasteiger partial charge in [-0.3, -0.25) is 14.6 Å². The van der Waals surface area contributed by atoms with E-state index < -0.39 is 11.5 Å². The summed E-state index contributed by atoms with van der Waals surface area (Å²) in [5, 5.41) is 0. The van der Waals surface area contributed by atoms with Crippen LogP contribution in [-0.2, 0) is 0 Å². The Bertz CT molecular complexity index is 386. The molecule has 0 spiro atoms. The number of hydrogen-bond donors (Lipinski definition) is 2. The van der Waals surface area contributed by atoms with Gasteiger partial charge in [-0.25, -0.2) is 4.98 Å². The molecule has 3 N–H and O–H groups in total. The number of rotatable bonds is 4. The molecule has 76 valence electrons. The van der Waals surface area contributed by atoms with E-state index in [-0.39, 0.29) is 11.6 Å². The molecule has 1 aromatic rings. The van der Waals surface area contributed by atoms with Crippen molar-refractivity contribution in [2.45, 2.75) is 13.3 Å². The van der Waals surface area contributed by atoms with Crippen molar-refractivity contribution in [2.75, 3.05) is 6.61 Å². The second-order valence-corrected chi connectivity index (χ2v) is 2.64. The van der Waals surface area contributed by atoms with E-state index >= 15 is 0 Å². The third-order valence-corrected chi connectivity index (χ3v) is 1.46. The summed E-state index contributed by atoms with van der Waals surface area (Å²) in [6.45, 7) is 2.41. The molecule has 0 unspecified atom stereocenters. The summed E-state index contributed by atoms with van der Waals surface area (Å²) < 4.78 is 5.10. The maximum absolute atomic E-state index is 11.1. The normalized spacial score (nSPS) is 9.79. The van der Waals surface area contributed by atoms with Gasteiger partial charge < -0.3 is 10.5 Å². The number of nitrogens with two attached hydrogens (primary N) is 1. The Balaban J connectivity index is 2.89. The Hall–Kier alpha value is -1.85. The number of H-pyrrole nitrogens is 1. The van der Waals surface area contributed by atoms with Crippen LogP contribution in [0.25, 0.3) is 0 Å². The van der Waals surface area contributed by atoms with Crippen LogP contribution in [0.3, 0.4) is 0 Å². The van der Waals surface area contributed by atoms with Gasteiger partial charge in [-0.05, 0) is 6.42 Å². The lowest BCUT2D eigenvalue weighted by atomic mass is 10.4. The van der Waals surface area contributed by atoms with Crippen LogP contribution in [0.2, 0.25) is 0 Å². The summed E-state index contributed by atoms with van der Waals surface area (Å²) in [5.74, 6) is -0.616. The molecule has 0 atom stereocenters. The Morgan fingerprint density at radius 1 is 1.71 bits per heavy atom. The molecular formula is C8H11N3O3. The second kappa shape index (κ2) is 4.40. The molecule has 1 aromatic heterocycles. The molecule has 0 bridgehead atoms. The van der Waals surface area contributed by atoms with E-state index in [1.165, 1.54) is 6.20 Å². The third-order valence-electron chi connectivity index (χ3n) is 1.46. The molecule has 0 aliphatic carbocycles. The molecule has 1 rings (SSSR count). The second-order valence-electron chi connectivity index (χ2n) is 2.64. The summed E-state index contributed by atoms with van der Waals surface area (Å²) in [7, 11) is 0. The van der Waals surface area contributed by atoms with E-state index in [1.807, 2.05) is 6.92 Å². The van der Waals surface area contributed by atoms with Gasteiger partial charge in [-0.1, -0.05) is 6.92 Å². The molecule has 1 heterocycles. The molecule has 0 radical (unpaired) electrons. The average molecular weight is 197 g/mol. The molecule has 14 heavy (non-hydrogen) atoms. The fourth-order valence-electron chi connectivity index (χ4n) is 0.846. The van der Waals surface area contributed by atoms with Crippen molar-refractivity contribution in [1.29, 1.82) is 0 Å². The third kappa shape index (κ3) is 2.32. The Morgan fingerprint density at radius 2 is 2.43 bits per heavy atom. The highest BCUT2D eigenvalue weighted by molar-refractivity contribution is 5.90. The standard InChI is InChI=1S/C8H11N3O3/c1-2-3-14-5-4-10-6(7(9)12)8(13)11-5/h4H,2-3H2,1H3,(H2,9,12)(H,11,13). The van der Waals surface area contributed by atoms with Crippen LogP contribution in [0, 0.1) is 0 Å². The average Bonchev–Trinajstić information content (AvgIpc) is 2.14. The zero-order valence-corrected chi connectivity index (χ0v) is 7.74. The lowest BCUT2D eigenvalue weighted by Gasteiger charge is -2.02. The first kappa shape index (κ1) is 10.2. The summed E-state index contributed by atoms with van der Waals surface area (Å²) in [6, 6.07) is 0. The van der Waals surface area contributed by atoms with Crippen LogP contribution in [0.4, 0.5) is 0 Å². The minimum Gasteiger partial charge on any atom is -0.478 e. The van der Waals surface area contributed by atoms with Gasteiger partial charge in [-0.15, -0.1) is 0 Å². The minimum absolute atomic E-state index is 0.238. The molecule has 0 aliphatic rings. The van der Waals surface area contributed by atoms with Gasteiger partial charge in [0.1, 0.15) is 0 Å². The van der Waals surface area contributed by atoms with Gasteiger partial charge in [-0.2, -0.15) is 0 Å². The maximum Gasteiger partial charge on any atom is 0.282 e. The molecule has 0 aliphatic heterocycles. The van der Waals surface area contributed by atoms with Gasteiger partial charge in [0.05, 0.1) is 12.8 Å². The van der Waals surface area contributed by atoms with Gasteiger partial charge in [0, 0.05) is 0 Å². The molecule has 0 fully saturated rings. The van der Waals surface area contributed by atoms with Crippen LogP contribution < -0.4 is 16.0 Å². The topological polar surface area (TPSA) is 98.1 Å². The number of nitrogens with zero attached hydrogens (tertiary/aromatic N) is 1. The zero-order valence-electron chi connectivity index (χ0n) is 7.74. The van der Waals surface area contributed by atoms with Crippen molar-refractivity contribution >= 4 is 5.91 Å². The summed E-state index contributed by atoms with van der Waals surface area (Å²) in [5.41, 5.74) is 3.96. The van der Waals surface area contributed by atoms with Crippen LogP contribution in [0.1, 0.15) is 23.8 Å². The fourth-order valence-corrected chi connectivity index (χ4v) is 0.846. The van der Waals surface area contributed by atoms with Gasteiger partial charge >= 0.3 is 0 Å². The molecule has 1 amide bonds. The van der Waals surface area contributed by atoms with E-state index in [2.05, 4.69) is 9.97 Å². The number of amides is 1. The first-order chi connectivity index (χ1) is 6.65. The number of hydrogen-bond acceptors (Lipinski definition) is 4. The van der Waals surface area contributed by atoms with E-state index in [9.17, 15) is 9.59 Å². The highest BCUT2D eigenvalue weighted by Crippen LogP contribution is 2.00. The molecule has 0 saturated carbocycles. The van der Waals surface area contributed by atoms with Crippen LogP contribution in [0.5, 0.6) is 5.88 Å². The Kier molecular flexibility index (Phi) is 3.22. The predicted molar refractivity (Wildman–Crippen MR) is 49.2 cm³/mol. The van der Waals surface area contributed by atoms with E-state index in [1.54, 1.807) is 0 Å². The first-order valence-electron chi connectivity index (χ1n) is 4.17. The highest BCUT2D eigenvalue weighted by Gasteiger charge is 2.08. The van der Waals surface area contributed by atoms with Crippen LogP contribution in [0.15, 0.2) is 11.0 Å². The molecule has 6 nitrogen and oxygen atoms in total. The largest absolute Gasteiger partial charge is 0.478 e. The maximum atomic E-state index is 11.1. The molecule has 6 heteroatoms. The lowest BCUT2D eigenvalue weighted by molar-refractivity contribution is 0.0993. The van der Waals surface area contributed by atoms with Crippen molar-refractivity contribution in [1.82, 2.24) is 9.97 Å². The number of ether oxygens (including phenoxy) is 1. The lowest BCUT2D eigenvalue weighted by Crippen LogP contribution is -2.25. The SMILES string of the molecule is CCCOc1cnc(C(N)=O)c(=O)[nH]1. The predicted octanol–water partition coefficient (Wildman–Crippen LogP) is -0.342. The van der Waals surface area contributed by atoms with Crippen molar-refractivity contribution < 1.29 is 9.53 Å². The minimum atomic E-state index is -0.853. The number of aromatic nitrogens is 2. The van der Waals surface area contributed by atoms with Crippen molar-refractivity contribution in [3.8, 4) is 5.88 Å². The van der Waals surface area contributed by atoms with E-state index in [0.29, 0.717) is 6.61 Å². The number of primary amides is 1. The molecular weight excluding hydrogens is 186 g/mol. The zero-order chi connectivity index (χ0) is 10.6. The Labute approximate surface area is 80.1 Å². The summed E-state index contributed by atoms with van der Waals surface area (Å²) in [6.07, 6.45) is 2.08. The van der Waals surface area contributed by atoms with Crippen molar-refractivity contribution in [2.24, 2.45) is 5.73 Å². The number of aromatic amines is 1. The number of carbonyl (C=O) groups is 1. The van der Waals surface area contributed by atoms with Gasteiger partial charge in [0.25, 0.3) is 11.5 Å². The Morgan fingerprint density at radius 3 is 2.93 bits per heavy atom. The van der Waals surface area contributed by atoms with Crippen molar-refractivity contribution in [3.05, 3.63) is 22.2 Å². The molecule has 0 aromatic carbocycles. The highest BCUT2D eigenvalue weighted by atomic mass is 16.5. The van der Waals surface area contributed by atoms with Crippen molar-refractivity contribution in [3.63, 3.8) is 0 Å². The first-order valence-corrected chi connectivity index (χ1v) is 4.17. The van der Waals surface area contributed by atoms with Crippen LogP contribution in [-0.4, -0.2) is 22.5 Å². The summed E-state index contributed by atoms with van der Waals surface area (Å²) in [4.78, 5) is 27.7. The van der Waals surface area contributed by atoms with Gasteiger partial charge in [0.15, 0.2) is 5.69 Å². The number of nitrogens with one attached hydrogen (secondary N) is 1. The summed E-state index contributed by atoms with van der Waals surface area (Å²) >= 11 is 0. The van der Waals surface area contributed by atoms with Gasteiger partial charge in [0.2, 0.25) is 5.88 Å². The fraction of sp³-hybridized carbons (Fsp3) is 0.375. The number of carbonyl (C=O) groups excluding carboxylic acids is 1. The quantitative estimate of drug-likeness (QED) is 0.689. The smallest absolute Gasteiger partial charge is 0.282 e. The van der Waals surface area contributed by atoms with E-state index in [4.69, 9.17) is 10.5 Å². The monoisotopic (exact) mass is 197 g/mol.